The standard InChI is InChI=1S/C12H21N3O/c1-3-5-13-10-11(16)9-12-14-6-8-15(12)7-4-2/h6,8,13H,3-5,7,9-10H2,1-2H3. The van der Waals surface area contributed by atoms with Gasteiger partial charge in [-0.3, -0.25) is 4.79 Å². The van der Waals surface area contributed by atoms with E-state index >= 15 is 0 Å². The highest BCUT2D eigenvalue weighted by Crippen LogP contribution is 2.00. The van der Waals surface area contributed by atoms with E-state index < -0.39 is 0 Å². The Balaban J connectivity index is 2.39. The summed E-state index contributed by atoms with van der Waals surface area (Å²) in [6.07, 6.45) is 6.25. The number of imidazole rings is 1. The molecule has 1 N–H and O–H groups in total. The fraction of sp³-hybridized carbons (Fsp3) is 0.667. The Labute approximate surface area is 97.1 Å². The maximum absolute atomic E-state index is 11.6. The number of Topliss-reactive ketones (excluding diaryl/α,β-unsaturated/α-hetero) is 1. The van der Waals surface area contributed by atoms with Crippen LogP contribution >= 0.6 is 0 Å². The van der Waals surface area contributed by atoms with Crippen molar-refractivity contribution in [3.63, 3.8) is 0 Å². The predicted molar refractivity (Wildman–Crippen MR) is 64.4 cm³/mol. The minimum Gasteiger partial charge on any atom is -0.335 e. The number of aryl methyl sites for hydroxylation is 1. The van der Waals surface area contributed by atoms with Gasteiger partial charge in [0.1, 0.15) is 5.82 Å². The number of nitrogens with one attached hydrogen (secondary N) is 1. The van der Waals surface area contributed by atoms with Gasteiger partial charge in [0, 0.05) is 18.9 Å². The van der Waals surface area contributed by atoms with Crippen molar-refractivity contribution < 1.29 is 4.79 Å². The van der Waals surface area contributed by atoms with Crippen LogP contribution < -0.4 is 5.32 Å². The van der Waals surface area contributed by atoms with Crippen molar-refractivity contribution in [2.45, 2.75) is 39.7 Å². The number of carbonyl (C=O) groups excluding carboxylic acids is 1. The minimum absolute atomic E-state index is 0.206. The zero-order valence-corrected chi connectivity index (χ0v) is 10.2. The molecule has 1 aromatic heterocycles. The van der Waals surface area contributed by atoms with Gasteiger partial charge in [-0.05, 0) is 19.4 Å². The second kappa shape index (κ2) is 7.17. The van der Waals surface area contributed by atoms with Crippen LogP contribution in [0.5, 0.6) is 0 Å². The van der Waals surface area contributed by atoms with Crippen molar-refractivity contribution in [1.82, 2.24) is 14.9 Å². The zero-order valence-electron chi connectivity index (χ0n) is 10.2. The minimum atomic E-state index is 0.206. The van der Waals surface area contributed by atoms with E-state index in [1.165, 1.54) is 0 Å². The lowest BCUT2D eigenvalue weighted by molar-refractivity contribution is -0.117. The van der Waals surface area contributed by atoms with Gasteiger partial charge < -0.3 is 9.88 Å². The van der Waals surface area contributed by atoms with Gasteiger partial charge in [0.2, 0.25) is 0 Å². The highest BCUT2D eigenvalue weighted by atomic mass is 16.1. The topological polar surface area (TPSA) is 46.9 Å². The monoisotopic (exact) mass is 223 g/mol. The highest BCUT2D eigenvalue weighted by molar-refractivity contribution is 5.82. The van der Waals surface area contributed by atoms with Crippen molar-refractivity contribution >= 4 is 5.78 Å². The quantitative estimate of drug-likeness (QED) is 0.678. The van der Waals surface area contributed by atoms with E-state index in [9.17, 15) is 4.79 Å². The molecule has 1 aromatic rings. The van der Waals surface area contributed by atoms with Crippen molar-refractivity contribution in [1.29, 1.82) is 0 Å². The Morgan fingerprint density at radius 2 is 2.25 bits per heavy atom. The van der Waals surface area contributed by atoms with E-state index in [0.717, 1.165) is 31.8 Å². The summed E-state index contributed by atoms with van der Waals surface area (Å²) >= 11 is 0. The van der Waals surface area contributed by atoms with Gasteiger partial charge >= 0.3 is 0 Å². The van der Waals surface area contributed by atoms with Crippen LogP contribution in [-0.4, -0.2) is 28.4 Å². The first kappa shape index (κ1) is 12.9. The fourth-order valence-electron chi connectivity index (χ4n) is 1.60. The molecule has 0 aliphatic carbocycles. The van der Waals surface area contributed by atoms with Crippen molar-refractivity contribution in [3.8, 4) is 0 Å². The first-order chi connectivity index (χ1) is 7.77. The van der Waals surface area contributed by atoms with Gasteiger partial charge in [0.15, 0.2) is 5.78 Å². The van der Waals surface area contributed by atoms with Crippen molar-refractivity contribution in [2.24, 2.45) is 0 Å². The Kier molecular flexibility index (Phi) is 5.78. The lowest BCUT2D eigenvalue weighted by Gasteiger charge is -2.06. The van der Waals surface area contributed by atoms with E-state index in [1.807, 2.05) is 6.20 Å². The summed E-state index contributed by atoms with van der Waals surface area (Å²) in [5.41, 5.74) is 0. The van der Waals surface area contributed by atoms with Crippen LogP contribution in [0, 0.1) is 0 Å². The normalized spacial score (nSPS) is 10.6. The Bertz CT molecular complexity index is 320. The van der Waals surface area contributed by atoms with Gasteiger partial charge in [0.05, 0.1) is 13.0 Å². The molecule has 0 amide bonds. The number of rotatable bonds is 8. The summed E-state index contributed by atoms with van der Waals surface area (Å²) in [6, 6.07) is 0. The molecule has 0 spiro atoms. The molecule has 0 aliphatic rings. The van der Waals surface area contributed by atoms with E-state index in [4.69, 9.17) is 0 Å². The van der Waals surface area contributed by atoms with Gasteiger partial charge in [0.25, 0.3) is 0 Å². The molecule has 1 rings (SSSR count). The molecule has 0 aromatic carbocycles. The number of ketones is 1. The summed E-state index contributed by atoms with van der Waals surface area (Å²) in [4.78, 5) is 15.8. The van der Waals surface area contributed by atoms with Gasteiger partial charge in [-0.1, -0.05) is 13.8 Å². The molecule has 16 heavy (non-hydrogen) atoms. The average molecular weight is 223 g/mol. The smallest absolute Gasteiger partial charge is 0.154 e. The summed E-state index contributed by atoms with van der Waals surface area (Å²) in [6.45, 7) is 6.49. The number of nitrogens with zero attached hydrogens (tertiary/aromatic N) is 2. The summed E-state index contributed by atoms with van der Waals surface area (Å²) < 4.78 is 2.05. The Morgan fingerprint density at radius 1 is 1.44 bits per heavy atom. The zero-order chi connectivity index (χ0) is 11.8. The van der Waals surface area contributed by atoms with Crippen LogP contribution in [-0.2, 0) is 17.8 Å². The Hall–Kier alpha value is -1.16. The summed E-state index contributed by atoms with van der Waals surface area (Å²) in [7, 11) is 0. The number of hydrogen-bond acceptors (Lipinski definition) is 3. The third-order valence-corrected chi connectivity index (χ3v) is 2.37. The van der Waals surface area contributed by atoms with Gasteiger partial charge in [-0.15, -0.1) is 0 Å². The molecule has 0 fully saturated rings. The molecule has 0 unspecified atom stereocenters. The molecular formula is C12H21N3O. The third-order valence-electron chi connectivity index (χ3n) is 2.37. The molecular weight excluding hydrogens is 202 g/mol. The van der Waals surface area contributed by atoms with Gasteiger partial charge in [-0.25, -0.2) is 4.98 Å². The summed E-state index contributed by atoms with van der Waals surface area (Å²) in [5.74, 6) is 1.09. The molecule has 4 nitrogen and oxygen atoms in total. The third kappa shape index (κ3) is 4.14. The van der Waals surface area contributed by atoms with Gasteiger partial charge in [-0.2, -0.15) is 0 Å². The first-order valence-electron chi connectivity index (χ1n) is 6.00. The van der Waals surface area contributed by atoms with Crippen LogP contribution in [0.1, 0.15) is 32.5 Å². The first-order valence-corrected chi connectivity index (χ1v) is 6.00. The highest BCUT2D eigenvalue weighted by Gasteiger charge is 2.07. The number of carbonyl (C=O) groups is 1. The second-order valence-electron chi connectivity index (χ2n) is 3.93. The molecule has 90 valence electrons. The van der Waals surface area contributed by atoms with Crippen LogP contribution in [0.4, 0.5) is 0 Å². The van der Waals surface area contributed by atoms with Crippen LogP contribution in [0.15, 0.2) is 12.4 Å². The lowest BCUT2D eigenvalue weighted by atomic mass is 10.2. The Morgan fingerprint density at radius 3 is 2.94 bits per heavy atom. The number of aromatic nitrogens is 2. The molecule has 0 saturated carbocycles. The lowest BCUT2D eigenvalue weighted by Crippen LogP contribution is -2.25. The number of hydrogen-bond donors (Lipinski definition) is 1. The van der Waals surface area contributed by atoms with E-state index in [1.54, 1.807) is 6.20 Å². The molecule has 1 heterocycles. The van der Waals surface area contributed by atoms with Crippen molar-refractivity contribution in [3.05, 3.63) is 18.2 Å². The molecule has 0 aliphatic heterocycles. The maximum atomic E-state index is 11.6. The molecule has 0 radical (unpaired) electrons. The predicted octanol–water partition coefficient (Wildman–Crippen LogP) is 1.40. The SMILES string of the molecule is CCCNCC(=O)Cc1nccn1CCC. The largest absolute Gasteiger partial charge is 0.335 e. The van der Waals surface area contributed by atoms with Crippen molar-refractivity contribution in [2.75, 3.05) is 13.1 Å². The van der Waals surface area contributed by atoms with Crippen LogP contribution in [0.3, 0.4) is 0 Å². The second-order valence-corrected chi connectivity index (χ2v) is 3.93. The van der Waals surface area contributed by atoms with Crippen LogP contribution in [0.25, 0.3) is 0 Å². The maximum Gasteiger partial charge on any atom is 0.154 e. The fourth-order valence-corrected chi connectivity index (χ4v) is 1.60. The van der Waals surface area contributed by atoms with Crippen LogP contribution in [0.2, 0.25) is 0 Å². The molecule has 0 saturated heterocycles. The summed E-state index contributed by atoms with van der Waals surface area (Å²) in [5, 5.41) is 3.11. The average Bonchev–Trinajstić information content (AvgIpc) is 2.67. The van der Waals surface area contributed by atoms with E-state index in [-0.39, 0.29) is 5.78 Å². The van der Waals surface area contributed by atoms with E-state index in [0.29, 0.717) is 13.0 Å². The molecule has 0 bridgehead atoms. The molecule has 0 atom stereocenters. The molecule has 4 heteroatoms. The van der Waals surface area contributed by atoms with E-state index in [2.05, 4.69) is 28.7 Å².